The van der Waals surface area contributed by atoms with E-state index < -0.39 is 0 Å². The third-order valence-electron chi connectivity index (χ3n) is 7.33. The van der Waals surface area contributed by atoms with E-state index in [1.54, 1.807) is 0 Å². The number of nitrogens with two attached hydrogens (primary N) is 1. The van der Waals surface area contributed by atoms with Crippen LogP contribution >= 0.6 is 12.6 Å². The molecular formula is C35H57NO3S. The predicted octanol–water partition coefficient (Wildman–Crippen LogP) is 10.3. The fraction of sp³-hybridized carbons (Fsp3) is 0.629. The van der Waals surface area contributed by atoms with E-state index >= 15 is 0 Å². The number of aromatic hydroxyl groups is 1. The molecule has 2 aromatic rings. The Kier molecular flexibility index (Phi) is 21.1. The zero-order valence-corrected chi connectivity index (χ0v) is 26.5. The summed E-state index contributed by atoms with van der Waals surface area (Å²) in [5.74, 6) is 0.0586. The molecule has 2 aromatic carbocycles. The number of phenolic OH excluding ortho intramolecular Hbond substituents is 1. The molecule has 0 spiro atoms. The highest BCUT2D eigenvalue weighted by atomic mass is 32.1. The van der Waals surface area contributed by atoms with Gasteiger partial charge in [0.25, 0.3) is 0 Å². The Morgan fingerprint density at radius 3 is 1.60 bits per heavy atom. The van der Waals surface area contributed by atoms with Gasteiger partial charge >= 0.3 is 5.97 Å². The van der Waals surface area contributed by atoms with Crippen molar-refractivity contribution in [2.45, 2.75) is 142 Å². The van der Waals surface area contributed by atoms with Gasteiger partial charge in [0.15, 0.2) is 0 Å². The number of carbonyl (C=O) groups excluding carboxylic acids is 1. The Labute approximate surface area is 250 Å². The number of nitrogen functional groups attached to an aromatic ring is 1. The van der Waals surface area contributed by atoms with Crippen LogP contribution < -0.4 is 5.73 Å². The van der Waals surface area contributed by atoms with Crippen LogP contribution in [0.15, 0.2) is 42.5 Å². The fourth-order valence-electron chi connectivity index (χ4n) is 4.84. The molecule has 0 aliphatic heterocycles. The quantitative estimate of drug-likeness (QED) is 0.0640. The lowest BCUT2D eigenvalue weighted by molar-refractivity contribution is -0.144. The van der Waals surface area contributed by atoms with E-state index in [-0.39, 0.29) is 17.8 Å². The van der Waals surface area contributed by atoms with Crippen LogP contribution in [0.2, 0.25) is 0 Å². The number of hydrogen-bond acceptors (Lipinski definition) is 5. The first kappa shape index (κ1) is 35.9. The number of rotatable bonds is 20. The van der Waals surface area contributed by atoms with Gasteiger partial charge in [-0.3, -0.25) is 4.79 Å². The van der Waals surface area contributed by atoms with Crippen LogP contribution in [0.1, 0.15) is 133 Å². The second kappa shape index (κ2) is 23.6. The Balaban J connectivity index is 0.000000985. The minimum atomic E-state index is -0.351. The van der Waals surface area contributed by atoms with Crippen molar-refractivity contribution in [1.29, 1.82) is 0 Å². The summed E-state index contributed by atoms with van der Waals surface area (Å²) in [7, 11) is 0. The summed E-state index contributed by atoms with van der Waals surface area (Å²) in [5, 5.41) is 9.49. The van der Waals surface area contributed by atoms with Crippen molar-refractivity contribution in [2.24, 2.45) is 0 Å². The third-order valence-corrected chi connectivity index (χ3v) is 7.80. The maximum atomic E-state index is 12.2. The molecule has 2 rings (SSSR count). The van der Waals surface area contributed by atoms with Gasteiger partial charge < -0.3 is 15.6 Å². The molecule has 0 saturated heterocycles. The largest absolute Gasteiger partial charge is 0.507 e. The molecule has 0 amide bonds. The SMILES string of the molecule is CCCCCCCCCCCCCCCCCCC(S)C(=O)OCc1cc(C)c(O)c(C)c1.Nc1ccccc1. The molecule has 0 bridgehead atoms. The smallest absolute Gasteiger partial charge is 0.319 e. The average Bonchev–Trinajstić information content (AvgIpc) is 2.95. The molecule has 0 radical (unpaired) electrons. The Hall–Kier alpha value is -2.14. The van der Waals surface area contributed by atoms with Crippen LogP contribution in [0.4, 0.5) is 5.69 Å². The minimum Gasteiger partial charge on any atom is -0.507 e. The number of hydrogen-bond donors (Lipinski definition) is 3. The average molecular weight is 572 g/mol. The highest BCUT2D eigenvalue weighted by Crippen LogP contribution is 2.23. The lowest BCUT2D eigenvalue weighted by Crippen LogP contribution is -2.18. The van der Waals surface area contributed by atoms with Gasteiger partial charge in [-0.05, 0) is 61.2 Å². The van der Waals surface area contributed by atoms with E-state index in [0.29, 0.717) is 5.75 Å². The number of anilines is 1. The number of ether oxygens (including phenoxy) is 1. The Bertz CT molecular complexity index is 880. The molecule has 4 nitrogen and oxygen atoms in total. The van der Waals surface area contributed by atoms with Crippen molar-refractivity contribution in [3.63, 3.8) is 0 Å². The van der Waals surface area contributed by atoms with Gasteiger partial charge in [-0.15, -0.1) is 0 Å². The van der Waals surface area contributed by atoms with Crippen molar-refractivity contribution in [2.75, 3.05) is 5.73 Å². The number of thiol groups is 1. The van der Waals surface area contributed by atoms with Crippen molar-refractivity contribution in [3.8, 4) is 5.75 Å². The van der Waals surface area contributed by atoms with Crippen molar-refractivity contribution < 1.29 is 14.6 Å². The van der Waals surface area contributed by atoms with E-state index in [2.05, 4.69) is 19.6 Å². The van der Waals surface area contributed by atoms with Crippen LogP contribution in [0.3, 0.4) is 0 Å². The van der Waals surface area contributed by atoms with E-state index in [1.807, 2.05) is 56.3 Å². The number of para-hydroxylation sites is 1. The summed E-state index contributed by atoms with van der Waals surface area (Å²) in [6.45, 7) is 6.22. The number of benzene rings is 2. The standard InChI is InChI=1S/C29H50O3S.C6H7N/c1-4-5-6-7-8-9-10-11-12-13-14-15-16-17-18-19-20-27(33)29(31)32-23-26-21-24(2)28(30)25(3)22-26;7-6-4-2-1-3-5-6/h21-22,27,30,33H,4-20,23H2,1-3H3;1-5H,7H2. The van der Waals surface area contributed by atoms with Gasteiger partial charge in [0.1, 0.15) is 12.4 Å². The normalized spacial score (nSPS) is 11.5. The van der Waals surface area contributed by atoms with E-state index in [1.165, 1.54) is 96.3 Å². The number of esters is 1. The Morgan fingerprint density at radius 1 is 0.775 bits per heavy atom. The topological polar surface area (TPSA) is 72.5 Å². The van der Waals surface area contributed by atoms with Crippen molar-refractivity contribution in [1.82, 2.24) is 0 Å². The lowest BCUT2D eigenvalue weighted by atomic mass is 10.0. The van der Waals surface area contributed by atoms with Gasteiger partial charge in [-0.1, -0.05) is 128 Å². The van der Waals surface area contributed by atoms with Crippen LogP contribution in [0.25, 0.3) is 0 Å². The molecule has 0 heterocycles. The highest BCUT2D eigenvalue weighted by molar-refractivity contribution is 7.81. The second-order valence-electron chi connectivity index (χ2n) is 11.2. The highest BCUT2D eigenvalue weighted by Gasteiger charge is 2.15. The molecular weight excluding hydrogens is 514 g/mol. The van der Waals surface area contributed by atoms with Crippen molar-refractivity contribution in [3.05, 3.63) is 59.2 Å². The Morgan fingerprint density at radius 2 is 1.20 bits per heavy atom. The van der Waals surface area contributed by atoms with Crippen molar-refractivity contribution >= 4 is 24.3 Å². The molecule has 3 N–H and O–H groups in total. The monoisotopic (exact) mass is 571 g/mol. The zero-order chi connectivity index (χ0) is 29.4. The number of carbonyl (C=O) groups is 1. The molecule has 0 saturated carbocycles. The summed E-state index contributed by atoms with van der Waals surface area (Å²) >= 11 is 4.44. The molecule has 5 heteroatoms. The third kappa shape index (κ3) is 18.3. The maximum Gasteiger partial charge on any atom is 0.319 e. The van der Waals surface area contributed by atoms with Gasteiger partial charge in [-0.25, -0.2) is 0 Å². The number of phenols is 1. The van der Waals surface area contributed by atoms with Crippen LogP contribution in [0, 0.1) is 13.8 Å². The number of unbranched alkanes of at least 4 members (excludes halogenated alkanes) is 15. The first-order chi connectivity index (χ1) is 19.3. The second-order valence-corrected chi connectivity index (χ2v) is 11.8. The molecule has 226 valence electrons. The summed E-state index contributed by atoms with van der Waals surface area (Å²) in [4.78, 5) is 12.2. The molecule has 0 aliphatic rings. The van der Waals surface area contributed by atoms with Crippen LogP contribution in [-0.2, 0) is 16.1 Å². The number of aryl methyl sites for hydroxylation is 2. The van der Waals surface area contributed by atoms with Gasteiger partial charge in [0.05, 0.1) is 5.25 Å². The molecule has 1 atom stereocenters. The van der Waals surface area contributed by atoms with Gasteiger partial charge in [-0.2, -0.15) is 12.6 Å². The summed E-state index contributed by atoms with van der Waals surface area (Å²) in [6, 6.07) is 13.2. The first-order valence-corrected chi connectivity index (χ1v) is 16.3. The van der Waals surface area contributed by atoms with Crippen LogP contribution in [-0.4, -0.2) is 16.3 Å². The molecule has 0 fully saturated rings. The summed E-state index contributed by atoms with van der Waals surface area (Å²) in [5.41, 5.74) is 8.69. The van der Waals surface area contributed by atoms with Gasteiger partial charge in [0, 0.05) is 5.69 Å². The summed E-state index contributed by atoms with van der Waals surface area (Å²) in [6.07, 6.45) is 22.3. The first-order valence-electron chi connectivity index (χ1n) is 15.8. The summed E-state index contributed by atoms with van der Waals surface area (Å²) < 4.78 is 5.42. The molecule has 0 aromatic heterocycles. The van der Waals surface area contributed by atoms with Crippen LogP contribution in [0.5, 0.6) is 5.75 Å². The molecule has 1 unspecified atom stereocenters. The predicted molar refractivity (Wildman–Crippen MR) is 175 cm³/mol. The zero-order valence-electron chi connectivity index (χ0n) is 25.6. The van der Waals surface area contributed by atoms with E-state index in [9.17, 15) is 9.90 Å². The lowest BCUT2D eigenvalue weighted by Gasteiger charge is -2.12. The fourth-order valence-corrected chi connectivity index (χ4v) is 5.09. The molecule has 40 heavy (non-hydrogen) atoms. The minimum absolute atomic E-state index is 0.233. The van der Waals surface area contributed by atoms with Gasteiger partial charge in [0.2, 0.25) is 0 Å². The van der Waals surface area contributed by atoms with E-state index in [4.69, 9.17) is 10.5 Å². The van der Waals surface area contributed by atoms with E-state index in [0.717, 1.165) is 35.2 Å². The molecule has 0 aliphatic carbocycles. The maximum absolute atomic E-state index is 12.2.